The highest BCUT2D eigenvalue weighted by molar-refractivity contribution is 6.32. The molecule has 0 aliphatic carbocycles. The molecule has 11 heteroatoms. The van der Waals surface area contributed by atoms with E-state index in [1.807, 2.05) is 0 Å². The van der Waals surface area contributed by atoms with Gasteiger partial charge in [-0.2, -0.15) is 23.4 Å². The Morgan fingerprint density at radius 2 is 1.90 bits per heavy atom. The van der Waals surface area contributed by atoms with Crippen LogP contribution in [0.2, 0.25) is 5.02 Å². The minimum Gasteiger partial charge on any atom is -0.306 e. The van der Waals surface area contributed by atoms with E-state index in [4.69, 9.17) is 11.6 Å². The van der Waals surface area contributed by atoms with E-state index in [0.717, 1.165) is 22.9 Å². The molecule has 0 radical (unpaired) electrons. The van der Waals surface area contributed by atoms with Gasteiger partial charge in [0.2, 0.25) is 0 Å². The van der Waals surface area contributed by atoms with E-state index in [1.165, 1.54) is 6.07 Å². The molecule has 1 aromatic carbocycles. The number of aromatic nitrogens is 4. The molecule has 2 heterocycles. The van der Waals surface area contributed by atoms with Crippen molar-refractivity contribution in [3.8, 4) is 5.69 Å². The van der Waals surface area contributed by atoms with Crippen molar-refractivity contribution in [3.63, 3.8) is 0 Å². The summed E-state index contributed by atoms with van der Waals surface area (Å²) >= 11 is 6.08. The Morgan fingerprint density at radius 1 is 1.21 bits per heavy atom. The van der Waals surface area contributed by atoms with Crippen molar-refractivity contribution >= 4 is 23.3 Å². The van der Waals surface area contributed by atoms with Crippen LogP contribution in [0.1, 0.15) is 32.9 Å². The molecule has 2 aromatic heterocycles. The Hall–Kier alpha value is -3.14. The van der Waals surface area contributed by atoms with E-state index < -0.39 is 23.2 Å². The van der Waals surface area contributed by atoms with Gasteiger partial charge in [-0.25, -0.2) is 9.78 Å². The molecule has 0 aliphatic heterocycles. The van der Waals surface area contributed by atoms with Crippen LogP contribution >= 0.6 is 11.6 Å². The lowest BCUT2D eigenvalue weighted by Crippen LogP contribution is -2.27. The van der Waals surface area contributed by atoms with Gasteiger partial charge in [0.05, 0.1) is 27.7 Å². The fraction of sp³-hybridized carbons (Fsp3) is 0.222. The lowest BCUT2D eigenvalue weighted by molar-refractivity contribution is -0.137. The van der Waals surface area contributed by atoms with Crippen LogP contribution in [0.15, 0.2) is 29.1 Å². The summed E-state index contributed by atoms with van der Waals surface area (Å²) in [5.41, 5.74) is -0.568. The van der Waals surface area contributed by atoms with Crippen LogP contribution in [0.4, 0.5) is 19.0 Å². The van der Waals surface area contributed by atoms with E-state index in [-0.39, 0.29) is 22.1 Å². The lowest BCUT2D eigenvalue weighted by atomic mass is 10.1. The van der Waals surface area contributed by atoms with Gasteiger partial charge in [0.15, 0.2) is 0 Å². The summed E-state index contributed by atoms with van der Waals surface area (Å²) in [6, 6.07) is 4.23. The molecule has 0 fully saturated rings. The summed E-state index contributed by atoms with van der Waals surface area (Å²) in [4.78, 5) is 24.7. The molecule has 0 atom stereocenters. The Balaban J connectivity index is 2.07. The highest BCUT2D eigenvalue weighted by atomic mass is 35.5. The minimum absolute atomic E-state index is 0.00498. The van der Waals surface area contributed by atoms with Crippen LogP contribution in [-0.4, -0.2) is 25.9 Å². The number of nitrogens with zero attached hydrogens (tertiary/aromatic N) is 3. The van der Waals surface area contributed by atoms with Crippen molar-refractivity contribution in [3.05, 3.63) is 67.7 Å². The summed E-state index contributed by atoms with van der Waals surface area (Å²) in [5.74, 6) is -0.694. The normalized spacial score (nSPS) is 11.6. The molecule has 0 aliphatic rings. The third kappa shape index (κ3) is 4.02. The topological polar surface area (TPSA) is 92.7 Å². The zero-order valence-corrected chi connectivity index (χ0v) is 16.2. The molecule has 0 saturated carbocycles. The van der Waals surface area contributed by atoms with Gasteiger partial charge in [-0.3, -0.25) is 9.59 Å². The first kappa shape index (κ1) is 20.6. The van der Waals surface area contributed by atoms with Gasteiger partial charge >= 0.3 is 6.18 Å². The van der Waals surface area contributed by atoms with Crippen molar-refractivity contribution in [2.24, 2.45) is 0 Å². The van der Waals surface area contributed by atoms with Crippen molar-refractivity contribution < 1.29 is 18.0 Å². The van der Waals surface area contributed by atoms with Gasteiger partial charge in [0.25, 0.3) is 11.5 Å². The minimum atomic E-state index is -4.58. The van der Waals surface area contributed by atoms with Crippen LogP contribution in [0, 0.1) is 20.8 Å². The van der Waals surface area contributed by atoms with Crippen LogP contribution in [-0.2, 0) is 6.18 Å². The SMILES string of the molecule is Cc1cc(NC(=O)c2c(C)c(C)n[nH]c2=O)n(-c2cc(C(F)(F)F)ccc2Cl)n1. The Kier molecular flexibility index (Phi) is 5.22. The molecule has 0 saturated heterocycles. The molecular formula is C18H15ClF3N5O2. The van der Waals surface area contributed by atoms with Crippen LogP contribution in [0.3, 0.4) is 0 Å². The van der Waals surface area contributed by atoms with Crippen LogP contribution in [0.25, 0.3) is 5.69 Å². The van der Waals surface area contributed by atoms with Crippen molar-refractivity contribution in [2.75, 3.05) is 5.32 Å². The number of hydrogen-bond acceptors (Lipinski definition) is 4. The Bertz CT molecular complexity index is 1170. The zero-order chi connectivity index (χ0) is 21.5. The average molecular weight is 426 g/mol. The van der Waals surface area contributed by atoms with Crippen molar-refractivity contribution in [1.29, 1.82) is 0 Å². The largest absolute Gasteiger partial charge is 0.416 e. The number of hydrogen-bond donors (Lipinski definition) is 2. The molecule has 152 valence electrons. The average Bonchev–Trinajstić information content (AvgIpc) is 2.98. The second-order valence-corrected chi connectivity index (χ2v) is 6.75. The van der Waals surface area contributed by atoms with E-state index in [2.05, 4.69) is 20.6 Å². The number of amides is 1. The summed E-state index contributed by atoms with van der Waals surface area (Å²) in [6.07, 6.45) is -4.58. The number of alkyl halides is 3. The first-order chi connectivity index (χ1) is 13.5. The fourth-order valence-corrected chi connectivity index (χ4v) is 2.90. The zero-order valence-electron chi connectivity index (χ0n) is 15.5. The van der Waals surface area contributed by atoms with Gasteiger partial charge in [0, 0.05) is 6.07 Å². The number of rotatable bonds is 3. The van der Waals surface area contributed by atoms with Gasteiger partial charge in [0.1, 0.15) is 11.4 Å². The number of nitrogens with one attached hydrogen (secondary N) is 2. The second-order valence-electron chi connectivity index (χ2n) is 6.34. The smallest absolute Gasteiger partial charge is 0.306 e. The third-order valence-corrected chi connectivity index (χ3v) is 4.59. The predicted molar refractivity (Wildman–Crippen MR) is 101 cm³/mol. The van der Waals surface area contributed by atoms with E-state index in [1.54, 1.807) is 20.8 Å². The van der Waals surface area contributed by atoms with E-state index in [0.29, 0.717) is 17.0 Å². The number of benzene rings is 1. The van der Waals surface area contributed by atoms with Gasteiger partial charge in [-0.15, -0.1) is 0 Å². The first-order valence-electron chi connectivity index (χ1n) is 8.30. The number of anilines is 1. The summed E-state index contributed by atoms with van der Waals surface area (Å²) in [6.45, 7) is 4.79. The first-order valence-corrected chi connectivity index (χ1v) is 8.68. The molecule has 7 nitrogen and oxygen atoms in total. The van der Waals surface area contributed by atoms with Gasteiger partial charge in [-0.05, 0) is 44.5 Å². The molecular weight excluding hydrogens is 411 g/mol. The van der Waals surface area contributed by atoms with Gasteiger partial charge < -0.3 is 5.32 Å². The fourth-order valence-electron chi connectivity index (χ4n) is 2.70. The molecule has 3 aromatic rings. The molecule has 0 spiro atoms. The molecule has 1 amide bonds. The van der Waals surface area contributed by atoms with Crippen molar-refractivity contribution in [1.82, 2.24) is 20.0 Å². The van der Waals surface area contributed by atoms with Crippen LogP contribution < -0.4 is 10.9 Å². The number of aromatic amines is 1. The Morgan fingerprint density at radius 3 is 2.55 bits per heavy atom. The highest BCUT2D eigenvalue weighted by Gasteiger charge is 2.31. The van der Waals surface area contributed by atoms with E-state index in [9.17, 15) is 22.8 Å². The number of carbonyl (C=O) groups excluding carboxylic acids is 1. The lowest BCUT2D eigenvalue weighted by Gasteiger charge is -2.14. The quantitative estimate of drug-likeness (QED) is 0.667. The molecule has 0 bridgehead atoms. The standard InChI is InChI=1S/C18H15ClF3N5O2/c1-8-6-14(23-16(28)15-9(2)10(3)24-25-17(15)29)27(26-8)13-7-11(18(20,21)22)4-5-12(13)19/h4-7H,1-3H3,(H,23,28)(H,25,29). The summed E-state index contributed by atoms with van der Waals surface area (Å²) in [7, 11) is 0. The second kappa shape index (κ2) is 7.36. The number of halogens is 4. The van der Waals surface area contributed by atoms with Crippen LogP contribution in [0.5, 0.6) is 0 Å². The molecule has 0 unspecified atom stereocenters. The number of H-pyrrole nitrogens is 1. The molecule has 29 heavy (non-hydrogen) atoms. The summed E-state index contributed by atoms with van der Waals surface area (Å²) in [5, 5.41) is 12.7. The van der Waals surface area contributed by atoms with Gasteiger partial charge in [-0.1, -0.05) is 11.6 Å². The molecule has 3 rings (SSSR count). The Labute approximate surface area is 167 Å². The monoisotopic (exact) mass is 425 g/mol. The molecule has 2 N–H and O–H groups in total. The third-order valence-electron chi connectivity index (χ3n) is 4.27. The highest BCUT2D eigenvalue weighted by Crippen LogP contribution is 2.34. The number of aryl methyl sites for hydroxylation is 2. The number of carbonyl (C=O) groups is 1. The maximum atomic E-state index is 13.1. The predicted octanol–water partition coefficient (Wildman–Crippen LogP) is 3.81. The van der Waals surface area contributed by atoms with Crippen molar-refractivity contribution in [2.45, 2.75) is 26.9 Å². The maximum Gasteiger partial charge on any atom is 0.416 e. The summed E-state index contributed by atoms with van der Waals surface area (Å²) < 4.78 is 40.4. The van der Waals surface area contributed by atoms with E-state index >= 15 is 0 Å². The maximum absolute atomic E-state index is 13.1.